The van der Waals surface area contributed by atoms with Crippen molar-refractivity contribution in [2.75, 3.05) is 29.1 Å². The third kappa shape index (κ3) is 10.7. The second-order valence-corrected chi connectivity index (χ2v) is 12.6. The summed E-state index contributed by atoms with van der Waals surface area (Å²) in [5, 5.41) is 15.1. The van der Waals surface area contributed by atoms with Crippen molar-refractivity contribution in [1.82, 2.24) is 5.43 Å². The lowest BCUT2D eigenvalue weighted by atomic mass is 10.1. The molecule has 1 aliphatic rings. The molecule has 1 aliphatic heterocycles. The Bertz CT molecular complexity index is 1620. The van der Waals surface area contributed by atoms with Crippen LogP contribution in [0, 0.1) is 0 Å². The van der Waals surface area contributed by atoms with E-state index in [4.69, 9.17) is 22.4 Å². The number of hydrazone groups is 1. The van der Waals surface area contributed by atoms with E-state index in [1.165, 1.54) is 6.07 Å². The van der Waals surface area contributed by atoms with E-state index >= 15 is 0 Å². The highest BCUT2D eigenvalue weighted by Crippen LogP contribution is 2.35. The molecule has 9 nitrogen and oxygen atoms in total. The van der Waals surface area contributed by atoms with E-state index in [1.54, 1.807) is 42.1 Å². The summed E-state index contributed by atoms with van der Waals surface area (Å²) in [6.07, 6.45) is 0.0233. The number of rotatable bonds is 13. The molecule has 0 bridgehead atoms. The Morgan fingerprint density at radius 2 is 1.81 bits per heavy atom. The molecule has 0 aliphatic carbocycles. The number of benzene rings is 3. The van der Waals surface area contributed by atoms with Crippen LogP contribution in [0.1, 0.15) is 69.5 Å². The average molecular weight is 690 g/mol. The number of nitrogens with zero attached hydrogens (tertiary/aromatic N) is 2. The number of carbonyl (C=O) groups excluding carboxylic acids is 2. The zero-order chi connectivity index (χ0) is 34.0. The van der Waals surface area contributed by atoms with Gasteiger partial charge in [0.15, 0.2) is 0 Å². The van der Waals surface area contributed by atoms with Gasteiger partial charge >= 0.3 is 12.1 Å². The van der Waals surface area contributed by atoms with Crippen molar-refractivity contribution < 1.29 is 32.7 Å². The van der Waals surface area contributed by atoms with Gasteiger partial charge in [-0.3, -0.25) is 14.4 Å². The van der Waals surface area contributed by atoms with Crippen molar-refractivity contribution in [2.24, 2.45) is 10.8 Å². The van der Waals surface area contributed by atoms with Crippen LogP contribution in [0.25, 0.3) is 0 Å². The molecular weight excluding hydrogens is 655 g/mol. The molecule has 1 atom stereocenters. The number of nitrogens with two attached hydrogens (primary N) is 1. The monoisotopic (exact) mass is 689 g/mol. The van der Waals surface area contributed by atoms with Gasteiger partial charge in [0.25, 0.3) is 11.8 Å². The standard InChI is InChI=1S/C33H35ClF3N5O4S/c34-28-9-7-21(16-27(28)33(35,36)37)19-39-41-32(46)26-18-25(42-12-2-1-3-13-42)8-10-29(26)40-31(45)23-6-4-5-22(15-23)20-47-14-11-24(38)17-30(43)44/h4-10,15-16,18-19,24H,1-3,11-14,17,20,38H2,(H,40,45)(H,41,46)(H,43,44). The Kier molecular flexibility index (Phi) is 12.7. The van der Waals surface area contributed by atoms with Crippen molar-refractivity contribution in [2.45, 2.75) is 50.1 Å². The molecule has 47 heavy (non-hydrogen) atoms. The van der Waals surface area contributed by atoms with Crippen LogP contribution in [0.5, 0.6) is 0 Å². The molecule has 1 heterocycles. The third-order valence-corrected chi connectivity index (χ3v) is 8.81. The van der Waals surface area contributed by atoms with Crippen LogP contribution >= 0.6 is 23.4 Å². The largest absolute Gasteiger partial charge is 0.481 e. The van der Waals surface area contributed by atoms with Gasteiger partial charge in [0.2, 0.25) is 0 Å². The van der Waals surface area contributed by atoms with Crippen LogP contribution in [-0.2, 0) is 16.7 Å². The number of alkyl halides is 3. The summed E-state index contributed by atoms with van der Waals surface area (Å²) in [5.74, 6) is -0.779. The highest BCUT2D eigenvalue weighted by molar-refractivity contribution is 7.98. The van der Waals surface area contributed by atoms with E-state index in [0.717, 1.165) is 62.0 Å². The SMILES string of the molecule is NC(CCSCc1cccc(C(=O)Nc2ccc(N3CCCCC3)cc2C(=O)NN=Cc2ccc(Cl)c(C(F)(F)F)c2)c1)CC(=O)O. The van der Waals surface area contributed by atoms with Gasteiger partial charge in [-0.05, 0) is 85.0 Å². The lowest BCUT2D eigenvalue weighted by Crippen LogP contribution is -2.30. The first-order valence-corrected chi connectivity index (χ1v) is 16.5. The number of amides is 2. The number of carboxylic acids is 1. The van der Waals surface area contributed by atoms with Gasteiger partial charge in [-0.15, -0.1) is 0 Å². The molecule has 3 aromatic rings. The molecule has 1 saturated heterocycles. The molecule has 0 aromatic heterocycles. The number of hydrogen-bond donors (Lipinski definition) is 4. The van der Waals surface area contributed by atoms with Gasteiger partial charge < -0.3 is 21.1 Å². The smallest absolute Gasteiger partial charge is 0.417 e. The quantitative estimate of drug-likeness (QED) is 0.0881. The number of halogens is 4. The lowest BCUT2D eigenvalue weighted by Gasteiger charge is -2.29. The lowest BCUT2D eigenvalue weighted by molar-refractivity contribution is -0.138. The Labute approximate surface area is 279 Å². The molecule has 3 aromatic carbocycles. The maximum atomic E-state index is 13.4. The Hall–Kier alpha value is -4.07. The van der Waals surface area contributed by atoms with Gasteiger partial charge in [0.05, 0.1) is 34.5 Å². The maximum absolute atomic E-state index is 13.4. The number of anilines is 2. The van der Waals surface area contributed by atoms with E-state index in [1.807, 2.05) is 12.1 Å². The number of carbonyl (C=O) groups is 3. The van der Waals surface area contributed by atoms with Crippen molar-refractivity contribution >= 4 is 58.7 Å². The van der Waals surface area contributed by atoms with Gasteiger partial charge in [-0.25, -0.2) is 5.43 Å². The predicted octanol–water partition coefficient (Wildman–Crippen LogP) is 6.79. The van der Waals surface area contributed by atoms with Crippen molar-refractivity contribution in [3.8, 4) is 0 Å². The summed E-state index contributed by atoms with van der Waals surface area (Å²) in [7, 11) is 0. The second-order valence-electron chi connectivity index (χ2n) is 11.1. The number of aliphatic carboxylic acids is 1. The van der Waals surface area contributed by atoms with Crippen LogP contribution in [0.4, 0.5) is 24.5 Å². The number of carboxylic acid groups (broad SMARTS) is 1. The summed E-state index contributed by atoms with van der Waals surface area (Å²) >= 11 is 7.27. The fraction of sp³-hybridized carbons (Fsp3) is 0.333. The minimum Gasteiger partial charge on any atom is -0.481 e. The first kappa shape index (κ1) is 35.8. The van der Waals surface area contributed by atoms with Crippen LogP contribution in [0.2, 0.25) is 5.02 Å². The van der Waals surface area contributed by atoms with Crippen LogP contribution < -0.4 is 21.4 Å². The Morgan fingerprint density at radius 1 is 1.04 bits per heavy atom. The van der Waals surface area contributed by atoms with Crippen LogP contribution in [0.15, 0.2) is 65.8 Å². The molecule has 0 saturated carbocycles. The Morgan fingerprint density at radius 3 is 2.53 bits per heavy atom. The van der Waals surface area contributed by atoms with E-state index in [-0.39, 0.29) is 23.2 Å². The fourth-order valence-electron chi connectivity index (χ4n) is 4.99. The van der Waals surface area contributed by atoms with Gasteiger partial charge in [-0.2, -0.15) is 30.0 Å². The van der Waals surface area contributed by atoms with E-state index in [9.17, 15) is 27.6 Å². The molecule has 4 rings (SSSR count). The zero-order valence-corrected chi connectivity index (χ0v) is 26.9. The zero-order valence-electron chi connectivity index (χ0n) is 25.4. The highest BCUT2D eigenvalue weighted by atomic mass is 35.5. The molecule has 1 unspecified atom stereocenters. The minimum atomic E-state index is -4.65. The first-order chi connectivity index (χ1) is 22.4. The van der Waals surface area contributed by atoms with Gasteiger partial charge in [0, 0.05) is 36.1 Å². The average Bonchev–Trinajstić information content (AvgIpc) is 3.03. The van der Waals surface area contributed by atoms with Gasteiger partial charge in [0.1, 0.15) is 0 Å². The number of nitrogens with one attached hydrogen (secondary N) is 2. The van der Waals surface area contributed by atoms with Crippen molar-refractivity contribution in [1.29, 1.82) is 0 Å². The van der Waals surface area contributed by atoms with E-state index in [2.05, 4.69) is 20.7 Å². The molecule has 1 fully saturated rings. The number of thioether (sulfide) groups is 1. The normalized spacial score (nSPS) is 14.2. The first-order valence-electron chi connectivity index (χ1n) is 15.0. The predicted molar refractivity (Wildman–Crippen MR) is 179 cm³/mol. The maximum Gasteiger partial charge on any atom is 0.417 e. The summed E-state index contributed by atoms with van der Waals surface area (Å²) in [5.41, 5.74) is 9.68. The van der Waals surface area contributed by atoms with Gasteiger partial charge in [-0.1, -0.05) is 29.8 Å². The number of hydrogen-bond acceptors (Lipinski definition) is 7. The molecule has 0 radical (unpaired) electrons. The third-order valence-electron chi connectivity index (χ3n) is 7.42. The Balaban J connectivity index is 1.48. The number of piperidine rings is 1. The van der Waals surface area contributed by atoms with Crippen LogP contribution in [-0.4, -0.2) is 54.0 Å². The molecular formula is C33H35ClF3N5O4S. The topological polar surface area (TPSA) is 137 Å². The summed E-state index contributed by atoms with van der Waals surface area (Å²) in [6.45, 7) is 1.64. The second kappa shape index (κ2) is 16.7. The minimum absolute atomic E-state index is 0.0822. The molecule has 5 N–H and O–H groups in total. The molecule has 250 valence electrons. The summed E-state index contributed by atoms with van der Waals surface area (Å²) in [4.78, 5) is 39.6. The molecule has 2 amide bonds. The van der Waals surface area contributed by atoms with E-state index in [0.29, 0.717) is 23.5 Å². The van der Waals surface area contributed by atoms with Crippen molar-refractivity contribution in [3.05, 3.63) is 93.5 Å². The molecule has 14 heteroatoms. The van der Waals surface area contributed by atoms with Crippen LogP contribution in [0.3, 0.4) is 0 Å². The highest BCUT2D eigenvalue weighted by Gasteiger charge is 2.33. The van der Waals surface area contributed by atoms with E-state index < -0.39 is 40.6 Å². The summed E-state index contributed by atoms with van der Waals surface area (Å²) in [6, 6.07) is 15.0. The summed E-state index contributed by atoms with van der Waals surface area (Å²) < 4.78 is 39.8. The molecule has 0 spiro atoms. The van der Waals surface area contributed by atoms with Crippen molar-refractivity contribution in [3.63, 3.8) is 0 Å². The fourth-order valence-corrected chi connectivity index (χ4v) is 6.25.